The molecule has 3 N–H and O–H groups in total. The summed E-state index contributed by atoms with van der Waals surface area (Å²) in [6, 6.07) is 16.5. The maximum absolute atomic E-state index is 12.5. The van der Waals surface area contributed by atoms with E-state index in [1.807, 2.05) is 42.5 Å². The van der Waals surface area contributed by atoms with Gasteiger partial charge in [0.1, 0.15) is 12.4 Å². The molecule has 0 spiro atoms. The highest BCUT2D eigenvalue weighted by molar-refractivity contribution is 7.20. The number of nitrogens with one attached hydrogen (secondary N) is 1. The molecule has 144 valence electrons. The average Bonchev–Trinajstić information content (AvgIpc) is 3.17. The quantitative estimate of drug-likeness (QED) is 0.510. The molecule has 0 aliphatic rings. The molecule has 0 unspecified atom stereocenters. The number of para-hydroxylation sites is 1. The van der Waals surface area contributed by atoms with Crippen LogP contribution in [0, 0.1) is 0 Å². The Hall–Kier alpha value is -3.78. The number of anilines is 1. The third kappa shape index (κ3) is 4.39. The van der Waals surface area contributed by atoms with Crippen molar-refractivity contribution in [1.29, 1.82) is 0 Å². The van der Waals surface area contributed by atoms with Gasteiger partial charge in [-0.05, 0) is 35.9 Å². The Morgan fingerprint density at radius 3 is 2.76 bits per heavy atom. The molecule has 29 heavy (non-hydrogen) atoms. The van der Waals surface area contributed by atoms with E-state index in [2.05, 4.69) is 15.3 Å². The van der Waals surface area contributed by atoms with Gasteiger partial charge >= 0.3 is 0 Å². The average molecular weight is 404 g/mol. The summed E-state index contributed by atoms with van der Waals surface area (Å²) in [7, 11) is 0. The molecule has 0 fully saturated rings. The summed E-state index contributed by atoms with van der Waals surface area (Å²) in [4.78, 5) is 32.1. The highest BCUT2D eigenvalue weighted by Crippen LogP contribution is 2.23. The lowest BCUT2D eigenvalue weighted by Gasteiger charge is -2.09. The number of carbonyl (C=O) groups is 2. The maximum Gasteiger partial charge on any atom is 0.284 e. The second kappa shape index (κ2) is 8.07. The number of amides is 2. The van der Waals surface area contributed by atoms with Crippen molar-refractivity contribution in [2.45, 2.75) is 6.61 Å². The van der Waals surface area contributed by atoms with Crippen molar-refractivity contribution >= 4 is 39.1 Å². The standard InChI is InChI=1S/C21H16N4O3S/c22-19(26)14-9-16(11-23-10-14)28-12-13-4-3-5-15(8-13)24-20(27)21-25-17-6-1-2-7-18(17)29-21/h1-11H,12H2,(H2,22,26)(H,24,27). The molecule has 0 atom stereocenters. The molecule has 7 nitrogen and oxygen atoms in total. The highest BCUT2D eigenvalue weighted by Gasteiger charge is 2.12. The van der Waals surface area contributed by atoms with Crippen molar-refractivity contribution in [3.63, 3.8) is 0 Å². The zero-order chi connectivity index (χ0) is 20.2. The zero-order valence-electron chi connectivity index (χ0n) is 15.2. The minimum Gasteiger partial charge on any atom is -0.487 e. The summed E-state index contributed by atoms with van der Waals surface area (Å²) in [6.07, 6.45) is 2.89. The lowest BCUT2D eigenvalue weighted by molar-refractivity contribution is 0.0997. The number of benzene rings is 2. The molecule has 8 heteroatoms. The Kier molecular flexibility index (Phi) is 5.17. The minimum atomic E-state index is -0.567. The number of nitrogens with zero attached hydrogens (tertiary/aromatic N) is 2. The monoisotopic (exact) mass is 404 g/mol. The largest absolute Gasteiger partial charge is 0.487 e. The van der Waals surface area contributed by atoms with Gasteiger partial charge in [-0.3, -0.25) is 14.6 Å². The fourth-order valence-corrected chi connectivity index (χ4v) is 3.55. The van der Waals surface area contributed by atoms with Gasteiger partial charge in [-0.2, -0.15) is 0 Å². The topological polar surface area (TPSA) is 107 Å². The van der Waals surface area contributed by atoms with E-state index >= 15 is 0 Å². The highest BCUT2D eigenvalue weighted by atomic mass is 32.1. The second-order valence-corrected chi connectivity index (χ2v) is 7.23. The molecule has 2 aromatic carbocycles. The lowest BCUT2D eigenvalue weighted by atomic mass is 10.2. The molecule has 2 amide bonds. The first-order valence-electron chi connectivity index (χ1n) is 8.72. The van der Waals surface area contributed by atoms with Crippen LogP contribution in [0.1, 0.15) is 25.7 Å². The molecular weight excluding hydrogens is 388 g/mol. The first-order valence-corrected chi connectivity index (χ1v) is 9.54. The van der Waals surface area contributed by atoms with Crippen LogP contribution in [-0.4, -0.2) is 21.8 Å². The van der Waals surface area contributed by atoms with Gasteiger partial charge in [-0.15, -0.1) is 11.3 Å². The van der Waals surface area contributed by atoms with Crippen molar-refractivity contribution in [3.05, 3.63) is 83.1 Å². The van der Waals surface area contributed by atoms with Crippen molar-refractivity contribution in [1.82, 2.24) is 9.97 Å². The van der Waals surface area contributed by atoms with Crippen molar-refractivity contribution in [2.75, 3.05) is 5.32 Å². The van der Waals surface area contributed by atoms with E-state index in [-0.39, 0.29) is 18.1 Å². The Morgan fingerprint density at radius 1 is 1.07 bits per heavy atom. The Bertz CT molecular complexity index is 1170. The number of thiazole rings is 1. The molecule has 0 saturated heterocycles. The van der Waals surface area contributed by atoms with Crippen LogP contribution in [0.15, 0.2) is 67.0 Å². The van der Waals surface area contributed by atoms with Gasteiger partial charge in [0.25, 0.3) is 5.91 Å². The number of hydrogen-bond acceptors (Lipinski definition) is 6. The number of carbonyl (C=O) groups excluding carboxylic acids is 2. The normalized spacial score (nSPS) is 10.6. The van der Waals surface area contributed by atoms with Crippen molar-refractivity contribution in [3.8, 4) is 5.75 Å². The molecule has 4 aromatic rings. The molecule has 0 aliphatic carbocycles. The smallest absolute Gasteiger partial charge is 0.284 e. The van der Waals surface area contributed by atoms with E-state index in [0.29, 0.717) is 16.4 Å². The number of rotatable bonds is 6. The molecule has 4 rings (SSSR count). The van der Waals surface area contributed by atoms with E-state index < -0.39 is 5.91 Å². The molecule has 2 aromatic heterocycles. The Labute approximate surface area is 170 Å². The van der Waals surface area contributed by atoms with Crippen LogP contribution in [0.25, 0.3) is 10.2 Å². The van der Waals surface area contributed by atoms with Gasteiger partial charge in [0.05, 0.1) is 22.0 Å². The lowest BCUT2D eigenvalue weighted by Crippen LogP contribution is -2.12. The number of nitrogens with two attached hydrogens (primary N) is 1. The first kappa shape index (κ1) is 18.6. The van der Waals surface area contributed by atoms with E-state index in [9.17, 15) is 9.59 Å². The van der Waals surface area contributed by atoms with Gasteiger partial charge in [-0.25, -0.2) is 4.98 Å². The Morgan fingerprint density at radius 2 is 1.93 bits per heavy atom. The van der Waals surface area contributed by atoms with Gasteiger partial charge in [0, 0.05) is 11.9 Å². The van der Waals surface area contributed by atoms with Gasteiger partial charge in [0.2, 0.25) is 5.91 Å². The minimum absolute atomic E-state index is 0.245. The summed E-state index contributed by atoms with van der Waals surface area (Å²) in [5.74, 6) is -0.393. The number of ether oxygens (including phenoxy) is 1. The van der Waals surface area contributed by atoms with Gasteiger partial charge in [-0.1, -0.05) is 24.3 Å². The van der Waals surface area contributed by atoms with E-state index in [4.69, 9.17) is 10.5 Å². The van der Waals surface area contributed by atoms with Crippen LogP contribution in [0.5, 0.6) is 5.75 Å². The predicted octanol–water partition coefficient (Wildman–Crippen LogP) is 3.62. The fraction of sp³-hybridized carbons (Fsp3) is 0.0476. The second-order valence-electron chi connectivity index (χ2n) is 6.20. The number of pyridine rings is 1. The summed E-state index contributed by atoms with van der Waals surface area (Å²) in [6.45, 7) is 0.245. The summed E-state index contributed by atoms with van der Waals surface area (Å²) >= 11 is 1.35. The van der Waals surface area contributed by atoms with Crippen molar-refractivity contribution < 1.29 is 14.3 Å². The number of hydrogen-bond donors (Lipinski definition) is 2. The predicted molar refractivity (Wildman–Crippen MR) is 111 cm³/mol. The molecular formula is C21H16N4O3S. The van der Waals surface area contributed by atoms with Crippen LogP contribution in [-0.2, 0) is 6.61 Å². The number of aromatic nitrogens is 2. The van der Waals surface area contributed by atoms with Crippen molar-refractivity contribution in [2.24, 2.45) is 5.73 Å². The van der Waals surface area contributed by atoms with E-state index in [0.717, 1.165) is 15.8 Å². The molecule has 2 heterocycles. The fourth-order valence-electron chi connectivity index (χ4n) is 2.69. The summed E-state index contributed by atoms with van der Waals surface area (Å²) in [5.41, 5.74) is 7.81. The van der Waals surface area contributed by atoms with Crippen LogP contribution in [0.2, 0.25) is 0 Å². The van der Waals surface area contributed by atoms with Crippen LogP contribution in [0.3, 0.4) is 0 Å². The van der Waals surface area contributed by atoms with E-state index in [1.54, 1.807) is 6.07 Å². The van der Waals surface area contributed by atoms with Crippen LogP contribution in [0.4, 0.5) is 5.69 Å². The molecule has 0 bridgehead atoms. The number of fused-ring (bicyclic) bond motifs is 1. The zero-order valence-corrected chi connectivity index (χ0v) is 16.0. The van der Waals surface area contributed by atoms with Gasteiger partial charge in [0.15, 0.2) is 5.01 Å². The number of primary amides is 1. The SMILES string of the molecule is NC(=O)c1cncc(OCc2cccc(NC(=O)c3nc4ccccc4s3)c2)c1. The van der Waals surface area contributed by atoms with Crippen LogP contribution >= 0.6 is 11.3 Å². The third-order valence-corrected chi connectivity index (χ3v) is 5.11. The van der Waals surface area contributed by atoms with Gasteiger partial charge < -0.3 is 15.8 Å². The Balaban J connectivity index is 1.43. The summed E-state index contributed by atoms with van der Waals surface area (Å²) in [5, 5.41) is 3.27. The molecule has 0 radical (unpaired) electrons. The van der Waals surface area contributed by atoms with Crippen LogP contribution < -0.4 is 15.8 Å². The third-order valence-electron chi connectivity index (χ3n) is 4.08. The summed E-state index contributed by atoms with van der Waals surface area (Å²) < 4.78 is 6.64. The van der Waals surface area contributed by atoms with E-state index in [1.165, 1.54) is 29.8 Å². The molecule has 0 saturated carbocycles. The molecule has 0 aliphatic heterocycles. The maximum atomic E-state index is 12.5. The first-order chi connectivity index (χ1) is 14.1.